The quantitative estimate of drug-likeness (QED) is 0.624. The summed E-state index contributed by atoms with van der Waals surface area (Å²) in [7, 11) is 0. The molecule has 0 heterocycles. The van der Waals surface area contributed by atoms with Crippen LogP contribution in [0.5, 0.6) is 0 Å². The van der Waals surface area contributed by atoms with Gasteiger partial charge in [-0.3, -0.25) is 0 Å². The minimum atomic E-state index is 0.424. The molecule has 0 spiro atoms. The van der Waals surface area contributed by atoms with E-state index in [2.05, 4.69) is 46.8 Å². The van der Waals surface area contributed by atoms with Gasteiger partial charge in [0.2, 0.25) is 0 Å². The molecule has 1 aromatic carbocycles. The summed E-state index contributed by atoms with van der Waals surface area (Å²) in [5.41, 5.74) is 7.50. The van der Waals surface area contributed by atoms with E-state index in [1.165, 1.54) is 44.1 Å². The highest BCUT2D eigenvalue weighted by atomic mass is 14.5. The molecular formula is C20H30. The summed E-state index contributed by atoms with van der Waals surface area (Å²) in [6, 6.07) is 4.85. The summed E-state index contributed by atoms with van der Waals surface area (Å²) in [5, 5.41) is 0. The molecule has 20 heavy (non-hydrogen) atoms. The SMILES string of the molecule is CCc1c(C)ccc2c1CC[C@H]1C(C)(C)CCC[C@]21C. The van der Waals surface area contributed by atoms with Crippen molar-refractivity contribution in [3.05, 3.63) is 34.4 Å². The molecule has 1 saturated carbocycles. The monoisotopic (exact) mass is 270 g/mol. The Morgan fingerprint density at radius 3 is 2.60 bits per heavy atom. The standard InChI is InChI=1S/C20H30/c1-6-15-14(2)8-10-17-16(15)9-11-18-19(3,4)12-7-13-20(17,18)5/h8,10,18H,6-7,9,11-13H2,1-5H3/t18-,20+/m0/s1. The Balaban J connectivity index is 2.16. The smallest absolute Gasteiger partial charge is 0.00390 e. The van der Waals surface area contributed by atoms with Crippen LogP contribution in [0.2, 0.25) is 0 Å². The van der Waals surface area contributed by atoms with Crippen LogP contribution in [-0.4, -0.2) is 0 Å². The Labute approximate surface area is 125 Å². The van der Waals surface area contributed by atoms with Gasteiger partial charge in [-0.15, -0.1) is 0 Å². The van der Waals surface area contributed by atoms with E-state index in [0.717, 1.165) is 5.92 Å². The fourth-order valence-corrected chi connectivity index (χ4v) is 5.57. The zero-order valence-corrected chi connectivity index (χ0v) is 14.0. The number of hydrogen-bond donors (Lipinski definition) is 0. The maximum atomic E-state index is 2.56. The second-order valence-corrected chi connectivity index (χ2v) is 8.09. The molecule has 110 valence electrons. The van der Waals surface area contributed by atoms with E-state index in [-0.39, 0.29) is 0 Å². The lowest BCUT2D eigenvalue weighted by molar-refractivity contribution is 0.0405. The van der Waals surface area contributed by atoms with Crippen LogP contribution in [0.4, 0.5) is 0 Å². The zero-order chi connectivity index (χ0) is 14.5. The molecule has 0 heteroatoms. The third-order valence-electron chi connectivity index (χ3n) is 6.55. The van der Waals surface area contributed by atoms with Gasteiger partial charge in [-0.25, -0.2) is 0 Å². The van der Waals surface area contributed by atoms with Crippen LogP contribution in [-0.2, 0) is 18.3 Å². The largest absolute Gasteiger partial charge is 0.0613 e. The van der Waals surface area contributed by atoms with Crippen molar-refractivity contribution in [2.75, 3.05) is 0 Å². The molecule has 3 rings (SSSR count). The molecule has 0 amide bonds. The van der Waals surface area contributed by atoms with Crippen LogP contribution < -0.4 is 0 Å². The fourth-order valence-electron chi connectivity index (χ4n) is 5.57. The van der Waals surface area contributed by atoms with E-state index < -0.39 is 0 Å². The molecule has 1 aromatic rings. The minimum absolute atomic E-state index is 0.424. The van der Waals surface area contributed by atoms with E-state index >= 15 is 0 Å². The molecule has 0 unspecified atom stereocenters. The van der Waals surface area contributed by atoms with Crippen molar-refractivity contribution in [2.45, 2.75) is 78.6 Å². The van der Waals surface area contributed by atoms with Crippen molar-refractivity contribution in [1.29, 1.82) is 0 Å². The molecule has 0 radical (unpaired) electrons. The van der Waals surface area contributed by atoms with E-state index in [4.69, 9.17) is 0 Å². The van der Waals surface area contributed by atoms with E-state index in [9.17, 15) is 0 Å². The van der Waals surface area contributed by atoms with Crippen molar-refractivity contribution in [2.24, 2.45) is 11.3 Å². The zero-order valence-electron chi connectivity index (χ0n) is 14.0. The number of hydrogen-bond acceptors (Lipinski definition) is 0. The lowest BCUT2D eigenvalue weighted by Crippen LogP contribution is -2.48. The predicted molar refractivity (Wildman–Crippen MR) is 87.4 cm³/mol. The Morgan fingerprint density at radius 2 is 1.90 bits per heavy atom. The van der Waals surface area contributed by atoms with Gasteiger partial charge in [0.15, 0.2) is 0 Å². The molecule has 2 aliphatic rings. The third-order valence-corrected chi connectivity index (χ3v) is 6.55. The first-order valence-corrected chi connectivity index (χ1v) is 8.52. The summed E-state index contributed by atoms with van der Waals surface area (Å²) in [4.78, 5) is 0. The molecule has 0 N–H and O–H groups in total. The Bertz CT molecular complexity index is 523. The topological polar surface area (TPSA) is 0 Å². The van der Waals surface area contributed by atoms with E-state index in [0.29, 0.717) is 10.8 Å². The van der Waals surface area contributed by atoms with Crippen molar-refractivity contribution in [3.63, 3.8) is 0 Å². The number of aryl methyl sites for hydroxylation is 1. The summed E-state index contributed by atoms with van der Waals surface area (Å²) < 4.78 is 0. The van der Waals surface area contributed by atoms with Gasteiger partial charge in [-0.1, -0.05) is 46.2 Å². The second-order valence-electron chi connectivity index (χ2n) is 8.09. The van der Waals surface area contributed by atoms with Crippen molar-refractivity contribution in [3.8, 4) is 0 Å². The normalized spacial score (nSPS) is 31.6. The van der Waals surface area contributed by atoms with Gasteiger partial charge in [0.25, 0.3) is 0 Å². The lowest BCUT2D eigenvalue weighted by atomic mass is 9.50. The third kappa shape index (κ3) is 1.87. The van der Waals surface area contributed by atoms with Crippen molar-refractivity contribution < 1.29 is 0 Å². The second kappa shape index (κ2) is 4.61. The van der Waals surface area contributed by atoms with E-state index in [1.807, 2.05) is 0 Å². The highest BCUT2D eigenvalue weighted by Crippen LogP contribution is 2.57. The minimum Gasteiger partial charge on any atom is -0.0613 e. The molecule has 0 saturated heterocycles. The molecule has 0 nitrogen and oxygen atoms in total. The van der Waals surface area contributed by atoms with Crippen LogP contribution in [0.15, 0.2) is 12.1 Å². The van der Waals surface area contributed by atoms with Crippen LogP contribution in [0.3, 0.4) is 0 Å². The molecule has 2 aliphatic carbocycles. The van der Waals surface area contributed by atoms with Crippen LogP contribution in [0, 0.1) is 18.3 Å². The Morgan fingerprint density at radius 1 is 1.15 bits per heavy atom. The highest BCUT2D eigenvalue weighted by molar-refractivity contribution is 5.47. The van der Waals surface area contributed by atoms with Crippen LogP contribution >= 0.6 is 0 Å². The average Bonchev–Trinajstić information content (AvgIpc) is 2.37. The van der Waals surface area contributed by atoms with Gasteiger partial charge in [0, 0.05) is 0 Å². The van der Waals surface area contributed by atoms with Gasteiger partial charge < -0.3 is 0 Å². The first-order valence-electron chi connectivity index (χ1n) is 8.52. The first kappa shape index (κ1) is 14.2. The van der Waals surface area contributed by atoms with Gasteiger partial charge in [0.05, 0.1) is 0 Å². The van der Waals surface area contributed by atoms with Crippen molar-refractivity contribution >= 4 is 0 Å². The van der Waals surface area contributed by atoms with Crippen LogP contribution in [0.1, 0.15) is 75.6 Å². The van der Waals surface area contributed by atoms with Crippen LogP contribution in [0.25, 0.3) is 0 Å². The fraction of sp³-hybridized carbons (Fsp3) is 0.700. The maximum absolute atomic E-state index is 2.56. The molecule has 0 aromatic heterocycles. The summed E-state index contributed by atoms with van der Waals surface area (Å²) in [6.45, 7) is 12.2. The molecule has 0 bridgehead atoms. The molecular weight excluding hydrogens is 240 g/mol. The summed E-state index contributed by atoms with van der Waals surface area (Å²) in [5.74, 6) is 0.865. The Kier molecular flexibility index (Phi) is 3.27. The predicted octanol–water partition coefficient (Wildman–Crippen LogP) is 5.59. The van der Waals surface area contributed by atoms with Gasteiger partial charge in [-0.05, 0) is 78.0 Å². The number of fused-ring (bicyclic) bond motifs is 3. The van der Waals surface area contributed by atoms with Gasteiger partial charge >= 0.3 is 0 Å². The van der Waals surface area contributed by atoms with Gasteiger partial charge in [-0.2, -0.15) is 0 Å². The summed E-state index contributed by atoms with van der Waals surface area (Å²) in [6.07, 6.45) is 8.10. The lowest BCUT2D eigenvalue weighted by Gasteiger charge is -2.54. The highest BCUT2D eigenvalue weighted by Gasteiger charge is 2.49. The average molecular weight is 270 g/mol. The summed E-state index contributed by atoms with van der Waals surface area (Å²) >= 11 is 0. The Hall–Kier alpha value is -0.780. The van der Waals surface area contributed by atoms with Gasteiger partial charge in [0.1, 0.15) is 0 Å². The molecule has 2 atom stereocenters. The molecule has 0 aliphatic heterocycles. The number of benzene rings is 1. The molecule has 1 fully saturated rings. The maximum Gasteiger partial charge on any atom is -0.00390 e. The van der Waals surface area contributed by atoms with E-state index in [1.54, 1.807) is 16.7 Å². The van der Waals surface area contributed by atoms with Crippen molar-refractivity contribution in [1.82, 2.24) is 0 Å². The first-order chi connectivity index (χ1) is 9.40. The number of rotatable bonds is 1.